The number of halogens is 2. The molecule has 182 valence electrons. The molecule has 0 saturated heterocycles. The van der Waals surface area contributed by atoms with Gasteiger partial charge < -0.3 is 4.74 Å². The molecule has 1 N–H and O–H groups in total. The number of rotatable bonds is 7. The number of carbonyl (C=O) groups is 1. The summed E-state index contributed by atoms with van der Waals surface area (Å²) in [5.74, 6) is 0.262. The van der Waals surface area contributed by atoms with Gasteiger partial charge in [-0.15, -0.1) is 0 Å². The van der Waals surface area contributed by atoms with Crippen molar-refractivity contribution in [1.82, 2.24) is 10.4 Å². The van der Waals surface area contributed by atoms with Gasteiger partial charge in [-0.1, -0.05) is 88.2 Å². The molecule has 5 rings (SSSR count). The van der Waals surface area contributed by atoms with E-state index >= 15 is 0 Å². The van der Waals surface area contributed by atoms with Crippen molar-refractivity contribution in [2.24, 2.45) is 5.10 Å². The number of hydrazone groups is 1. The van der Waals surface area contributed by atoms with E-state index in [9.17, 15) is 4.79 Å². The number of pyridine rings is 1. The molecule has 37 heavy (non-hydrogen) atoms. The van der Waals surface area contributed by atoms with Gasteiger partial charge in [0, 0.05) is 26.0 Å². The van der Waals surface area contributed by atoms with Crippen molar-refractivity contribution in [1.29, 1.82) is 0 Å². The minimum Gasteiger partial charge on any atom is -0.488 e. The molecule has 0 spiro atoms. The first-order valence-electron chi connectivity index (χ1n) is 11.5. The zero-order valence-corrected chi connectivity index (χ0v) is 21.9. The number of nitrogens with one attached hydrogen (secondary N) is 1. The van der Waals surface area contributed by atoms with Gasteiger partial charge in [0.1, 0.15) is 12.4 Å². The molecule has 4 aromatic carbocycles. The number of carbonyl (C=O) groups excluding carboxylic acids is 1. The molecular formula is C30H21BrClN3O2. The van der Waals surface area contributed by atoms with Gasteiger partial charge in [-0.25, -0.2) is 10.4 Å². The summed E-state index contributed by atoms with van der Waals surface area (Å²) in [4.78, 5) is 17.9. The van der Waals surface area contributed by atoms with E-state index in [-0.39, 0.29) is 5.91 Å². The number of hydrogen-bond acceptors (Lipinski definition) is 4. The Morgan fingerprint density at radius 1 is 0.946 bits per heavy atom. The summed E-state index contributed by atoms with van der Waals surface area (Å²) < 4.78 is 7.00. The number of nitrogens with zero attached hydrogens (tertiary/aromatic N) is 2. The van der Waals surface area contributed by atoms with Crippen LogP contribution in [-0.2, 0) is 6.61 Å². The number of aromatic nitrogens is 1. The van der Waals surface area contributed by atoms with E-state index < -0.39 is 0 Å². The molecule has 0 saturated carbocycles. The lowest BCUT2D eigenvalue weighted by molar-refractivity contribution is 0.0956. The predicted molar refractivity (Wildman–Crippen MR) is 152 cm³/mol. The molecule has 1 amide bonds. The van der Waals surface area contributed by atoms with E-state index in [4.69, 9.17) is 21.3 Å². The van der Waals surface area contributed by atoms with Crippen LogP contribution in [0.15, 0.2) is 113 Å². The third-order valence-electron chi connectivity index (χ3n) is 5.68. The molecule has 1 aromatic heterocycles. The maximum absolute atomic E-state index is 13.2. The second-order valence-corrected chi connectivity index (χ2v) is 9.59. The summed E-state index contributed by atoms with van der Waals surface area (Å²) in [6.07, 6.45) is 1.53. The lowest BCUT2D eigenvalue weighted by Gasteiger charge is -2.10. The third-order valence-corrected chi connectivity index (χ3v) is 6.44. The van der Waals surface area contributed by atoms with Crippen molar-refractivity contribution < 1.29 is 9.53 Å². The van der Waals surface area contributed by atoms with Crippen LogP contribution in [0.25, 0.3) is 22.2 Å². The SMILES string of the molecule is O=C(N/N=C\c1cc(Cl)ccc1OCc1ccc(Br)cc1)c1cc(-c2ccccc2)nc2ccccc12. The fourth-order valence-corrected chi connectivity index (χ4v) is 4.28. The zero-order valence-electron chi connectivity index (χ0n) is 19.6. The van der Waals surface area contributed by atoms with Crippen LogP contribution in [0, 0.1) is 0 Å². The molecule has 0 atom stereocenters. The fourth-order valence-electron chi connectivity index (χ4n) is 3.83. The summed E-state index contributed by atoms with van der Waals surface area (Å²) >= 11 is 9.65. The average molecular weight is 571 g/mol. The maximum Gasteiger partial charge on any atom is 0.272 e. The number of fused-ring (bicyclic) bond motifs is 1. The van der Waals surface area contributed by atoms with Crippen molar-refractivity contribution >= 4 is 50.6 Å². The standard InChI is InChI=1S/C30H21BrClN3O2/c31-23-12-10-20(11-13-23)19-37-29-15-14-24(32)16-22(29)18-33-35-30(36)26-17-28(21-6-2-1-3-7-21)34-27-9-5-4-8-25(26)27/h1-18H,19H2,(H,35,36)/b33-18-. The van der Waals surface area contributed by atoms with E-state index in [0.717, 1.165) is 26.5 Å². The number of para-hydroxylation sites is 1. The smallest absolute Gasteiger partial charge is 0.272 e. The maximum atomic E-state index is 13.2. The number of hydrogen-bond donors (Lipinski definition) is 1. The van der Waals surface area contributed by atoms with Crippen LogP contribution in [0.1, 0.15) is 21.5 Å². The van der Waals surface area contributed by atoms with Crippen LogP contribution in [0.5, 0.6) is 5.75 Å². The second kappa shape index (κ2) is 11.4. The van der Waals surface area contributed by atoms with E-state index in [1.807, 2.05) is 78.9 Å². The molecule has 7 heteroatoms. The Hall–Kier alpha value is -4.00. The first kappa shape index (κ1) is 24.7. The Morgan fingerprint density at radius 2 is 1.70 bits per heavy atom. The summed E-state index contributed by atoms with van der Waals surface area (Å²) in [5.41, 5.74) is 7.17. The molecule has 5 nitrogen and oxygen atoms in total. The van der Waals surface area contributed by atoms with Gasteiger partial charge in [0.25, 0.3) is 5.91 Å². The summed E-state index contributed by atoms with van der Waals surface area (Å²) in [6, 6.07) is 32.3. The largest absolute Gasteiger partial charge is 0.488 e. The van der Waals surface area contributed by atoms with Gasteiger partial charge in [0.05, 0.1) is 23.0 Å². The Bertz CT molecular complexity index is 1590. The number of ether oxygens (including phenoxy) is 1. The van der Waals surface area contributed by atoms with Crippen LogP contribution >= 0.6 is 27.5 Å². The van der Waals surface area contributed by atoms with Gasteiger partial charge in [-0.2, -0.15) is 5.10 Å². The molecule has 0 fully saturated rings. The van der Waals surface area contributed by atoms with E-state index in [2.05, 4.69) is 26.5 Å². The molecule has 5 aromatic rings. The molecule has 0 radical (unpaired) electrons. The van der Waals surface area contributed by atoms with E-state index in [1.165, 1.54) is 6.21 Å². The van der Waals surface area contributed by atoms with Crippen molar-refractivity contribution in [3.05, 3.63) is 129 Å². The molecule has 0 aliphatic heterocycles. The second-order valence-electron chi connectivity index (χ2n) is 8.23. The van der Waals surface area contributed by atoms with Crippen molar-refractivity contribution in [2.75, 3.05) is 0 Å². The Labute approximate surface area is 227 Å². The number of benzene rings is 4. The van der Waals surface area contributed by atoms with Crippen LogP contribution in [0.4, 0.5) is 0 Å². The minimum absolute atomic E-state index is 0.341. The van der Waals surface area contributed by atoms with Gasteiger partial charge in [-0.05, 0) is 48.0 Å². The highest BCUT2D eigenvalue weighted by atomic mass is 79.9. The first-order valence-corrected chi connectivity index (χ1v) is 12.7. The van der Waals surface area contributed by atoms with Crippen molar-refractivity contribution in [3.8, 4) is 17.0 Å². The lowest BCUT2D eigenvalue weighted by atomic mass is 10.0. The monoisotopic (exact) mass is 569 g/mol. The molecule has 0 unspecified atom stereocenters. The highest BCUT2D eigenvalue weighted by Crippen LogP contribution is 2.25. The van der Waals surface area contributed by atoms with Gasteiger partial charge in [0.15, 0.2) is 0 Å². The average Bonchev–Trinajstić information content (AvgIpc) is 2.93. The lowest BCUT2D eigenvalue weighted by Crippen LogP contribution is -2.18. The Balaban J connectivity index is 1.37. The summed E-state index contributed by atoms with van der Waals surface area (Å²) in [6.45, 7) is 0.382. The van der Waals surface area contributed by atoms with Crippen LogP contribution < -0.4 is 10.2 Å². The van der Waals surface area contributed by atoms with Gasteiger partial charge in [0.2, 0.25) is 0 Å². The number of amides is 1. The van der Waals surface area contributed by atoms with Crippen molar-refractivity contribution in [2.45, 2.75) is 6.61 Å². The van der Waals surface area contributed by atoms with Gasteiger partial charge in [-0.3, -0.25) is 4.79 Å². The predicted octanol–water partition coefficient (Wildman–Crippen LogP) is 7.66. The summed E-state index contributed by atoms with van der Waals surface area (Å²) in [7, 11) is 0. The quantitative estimate of drug-likeness (QED) is 0.161. The van der Waals surface area contributed by atoms with Crippen LogP contribution in [0.3, 0.4) is 0 Å². The topological polar surface area (TPSA) is 63.6 Å². The zero-order chi connectivity index (χ0) is 25.6. The third kappa shape index (κ3) is 6.05. The summed E-state index contributed by atoms with van der Waals surface area (Å²) in [5, 5.41) is 5.49. The molecule has 0 bridgehead atoms. The molecular weight excluding hydrogens is 550 g/mol. The minimum atomic E-state index is -0.341. The highest BCUT2D eigenvalue weighted by molar-refractivity contribution is 9.10. The molecule has 1 heterocycles. The van der Waals surface area contributed by atoms with Crippen molar-refractivity contribution in [3.63, 3.8) is 0 Å². The molecule has 0 aliphatic rings. The normalized spacial score (nSPS) is 11.1. The highest BCUT2D eigenvalue weighted by Gasteiger charge is 2.13. The van der Waals surface area contributed by atoms with E-state index in [0.29, 0.717) is 34.2 Å². The first-order chi connectivity index (χ1) is 18.1. The fraction of sp³-hybridized carbons (Fsp3) is 0.0333. The van der Waals surface area contributed by atoms with Crippen LogP contribution in [-0.4, -0.2) is 17.1 Å². The Morgan fingerprint density at radius 3 is 2.51 bits per heavy atom. The van der Waals surface area contributed by atoms with Crippen LogP contribution in [0.2, 0.25) is 5.02 Å². The Kier molecular flexibility index (Phi) is 7.59. The van der Waals surface area contributed by atoms with Gasteiger partial charge >= 0.3 is 0 Å². The van der Waals surface area contributed by atoms with E-state index in [1.54, 1.807) is 24.3 Å². The molecule has 0 aliphatic carbocycles.